The Kier molecular flexibility index (Phi) is 5.84. The molecule has 146 valence electrons. The highest BCUT2D eigenvalue weighted by Gasteiger charge is 2.33. The number of carbonyl (C=O) groups excluding carboxylic acids is 2. The van der Waals surface area contributed by atoms with Crippen molar-refractivity contribution < 1.29 is 23.8 Å². The number of urea groups is 1. The molecule has 0 bridgehead atoms. The van der Waals surface area contributed by atoms with Gasteiger partial charge >= 0.3 is 12.0 Å². The van der Waals surface area contributed by atoms with E-state index in [1.807, 2.05) is 24.3 Å². The van der Waals surface area contributed by atoms with Crippen molar-refractivity contribution in [3.8, 4) is 11.5 Å². The average molecular weight is 382 g/mol. The van der Waals surface area contributed by atoms with Gasteiger partial charge in [-0.25, -0.2) is 9.59 Å². The average Bonchev–Trinajstić information content (AvgIpc) is 2.71. The van der Waals surface area contributed by atoms with Crippen LogP contribution in [0.1, 0.15) is 24.1 Å². The predicted octanol–water partition coefficient (Wildman–Crippen LogP) is 3.08. The fourth-order valence-electron chi connectivity index (χ4n) is 3.05. The van der Waals surface area contributed by atoms with E-state index in [1.165, 1.54) is 0 Å². The summed E-state index contributed by atoms with van der Waals surface area (Å²) in [4.78, 5) is 24.9. The molecule has 28 heavy (non-hydrogen) atoms. The number of hydrogen-bond acceptors (Lipinski definition) is 5. The summed E-state index contributed by atoms with van der Waals surface area (Å²) < 4.78 is 16.0. The van der Waals surface area contributed by atoms with Gasteiger partial charge in [-0.2, -0.15) is 0 Å². The minimum Gasteiger partial charge on any atom is -0.497 e. The van der Waals surface area contributed by atoms with Crippen molar-refractivity contribution in [3.05, 3.63) is 70.9 Å². The Labute approximate surface area is 163 Å². The summed E-state index contributed by atoms with van der Waals surface area (Å²) in [7, 11) is 3.13. The van der Waals surface area contributed by atoms with Crippen LogP contribution in [0.3, 0.4) is 0 Å². The molecule has 7 heteroatoms. The third-order valence-electron chi connectivity index (χ3n) is 4.47. The molecular formula is C21H22N2O5. The van der Waals surface area contributed by atoms with Crippen molar-refractivity contribution in [3.63, 3.8) is 0 Å². The number of para-hydroxylation sites is 1. The van der Waals surface area contributed by atoms with E-state index in [2.05, 4.69) is 10.6 Å². The molecule has 7 nitrogen and oxygen atoms in total. The minimum absolute atomic E-state index is 0.103. The molecule has 0 aromatic heterocycles. The zero-order chi connectivity index (χ0) is 20.1. The number of ether oxygens (including phenoxy) is 3. The lowest BCUT2D eigenvalue weighted by Crippen LogP contribution is -2.45. The second kappa shape index (κ2) is 8.47. The van der Waals surface area contributed by atoms with Crippen molar-refractivity contribution in [2.75, 3.05) is 14.2 Å². The van der Waals surface area contributed by atoms with Gasteiger partial charge in [-0.3, -0.25) is 0 Å². The number of carbonyl (C=O) groups is 2. The van der Waals surface area contributed by atoms with Gasteiger partial charge in [-0.15, -0.1) is 0 Å². The van der Waals surface area contributed by atoms with Crippen LogP contribution in [0.5, 0.6) is 11.5 Å². The summed E-state index contributed by atoms with van der Waals surface area (Å²) in [6, 6.07) is 13.4. The van der Waals surface area contributed by atoms with Crippen LogP contribution in [0, 0.1) is 0 Å². The lowest BCUT2D eigenvalue weighted by molar-refractivity contribution is -0.140. The molecule has 0 radical (unpaired) electrons. The summed E-state index contributed by atoms with van der Waals surface area (Å²) >= 11 is 0. The molecule has 1 heterocycles. The highest BCUT2D eigenvalue weighted by Crippen LogP contribution is 2.33. The van der Waals surface area contributed by atoms with Crippen molar-refractivity contribution in [1.82, 2.24) is 10.6 Å². The molecule has 2 aromatic carbocycles. The van der Waals surface area contributed by atoms with E-state index in [4.69, 9.17) is 14.2 Å². The summed E-state index contributed by atoms with van der Waals surface area (Å²) in [5.74, 6) is 0.781. The van der Waals surface area contributed by atoms with Gasteiger partial charge < -0.3 is 24.8 Å². The number of amides is 2. The Bertz CT molecular complexity index is 905. The minimum atomic E-state index is -0.673. The first-order valence-corrected chi connectivity index (χ1v) is 8.74. The molecular weight excluding hydrogens is 360 g/mol. The van der Waals surface area contributed by atoms with Gasteiger partial charge in [0.05, 0.1) is 25.8 Å². The second-order valence-electron chi connectivity index (χ2n) is 6.24. The Morgan fingerprint density at radius 1 is 1.04 bits per heavy atom. The van der Waals surface area contributed by atoms with E-state index < -0.39 is 12.0 Å². The van der Waals surface area contributed by atoms with Gasteiger partial charge in [0.2, 0.25) is 0 Å². The van der Waals surface area contributed by atoms with E-state index in [9.17, 15) is 9.59 Å². The van der Waals surface area contributed by atoms with Crippen LogP contribution >= 0.6 is 0 Å². The van der Waals surface area contributed by atoms with Crippen LogP contribution in [0.25, 0.3) is 0 Å². The highest BCUT2D eigenvalue weighted by molar-refractivity contribution is 5.95. The molecule has 3 rings (SSSR count). The van der Waals surface area contributed by atoms with Crippen molar-refractivity contribution >= 4 is 12.0 Å². The molecule has 2 aromatic rings. The first-order valence-electron chi connectivity index (χ1n) is 8.74. The number of nitrogens with one attached hydrogen (secondary N) is 2. The van der Waals surface area contributed by atoms with Gasteiger partial charge in [0, 0.05) is 11.3 Å². The standard InChI is InChI=1S/C21H22N2O5/c1-13-18(20(24)28-12-14-8-10-15(26-2)11-9-14)19(23-21(25)22-13)16-6-4-5-7-17(16)27-3/h4-11,19H,12H2,1-3H3,(H2,22,23,25)/t19-/m0/s1. The molecule has 2 amide bonds. The molecule has 0 fully saturated rings. The second-order valence-corrected chi connectivity index (χ2v) is 6.24. The van der Waals surface area contributed by atoms with Crippen molar-refractivity contribution in [1.29, 1.82) is 0 Å². The fraction of sp³-hybridized carbons (Fsp3) is 0.238. The van der Waals surface area contributed by atoms with E-state index in [1.54, 1.807) is 45.4 Å². The van der Waals surface area contributed by atoms with Crippen molar-refractivity contribution in [2.45, 2.75) is 19.6 Å². The molecule has 1 aliphatic heterocycles. The third kappa shape index (κ3) is 4.09. The monoisotopic (exact) mass is 382 g/mol. The molecule has 2 N–H and O–H groups in total. The predicted molar refractivity (Wildman–Crippen MR) is 103 cm³/mol. The Morgan fingerprint density at radius 2 is 1.75 bits per heavy atom. The topological polar surface area (TPSA) is 85.9 Å². The molecule has 1 atom stereocenters. The van der Waals surface area contributed by atoms with Crippen LogP contribution in [-0.2, 0) is 16.1 Å². The summed E-state index contributed by atoms with van der Waals surface area (Å²) in [5.41, 5.74) is 2.28. The molecule has 0 aliphatic carbocycles. The zero-order valence-corrected chi connectivity index (χ0v) is 15.9. The van der Waals surface area contributed by atoms with Crippen LogP contribution in [0.4, 0.5) is 4.79 Å². The van der Waals surface area contributed by atoms with Gasteiger partial charge in [0.1, 0.15) is 18.1 Å². The maximum atomic E-state index is 12.9. The first-order chi connectivity index (χ1) is 13.5. The van der Waals surface area contributed by atoms with Crippen LogP contribution in [0.15, 0.2) is 59.8 Å². The fourth-order valence-corrected chi connectivity index (χ4v) is 3.05. The molecule has 0 saturated heterocycles. The van der Waals surface area contributed by atoms with Gasteiger partial charge in [0.25, 0.3) is 0 Å². The number of benzene rings is 2. The summed E-state index contributed by atoms with van der Waals surface area (Å²) in [5, 5.41) is 5.41. The van der Waals surface area contributed by atoms with E-state index >= 15 is 0 Å². The number of rotatable bonds is 6. The quantitative estimate of drug-likeness (QED) is 0.750. The normalized spacial score (nSPS) is 16.1. The lowest BCUT2D eigenvalue weighted by atomic mass is 9.95. The van der Waals surface area contributed by atoms with Crippen molar-refractivity contribution in [2.24, 2.45) is 0 Å². The molecule has 0 unspecified atom stereocenters. The Balaban J connectivity index is 1.84. The van der Waals surface area contributed by atoms with E-state index in [0.29, 0.717) is 22.6 Å². The van der Waals surface area contributed by atoms with Crippen LogP contribution in [0.2, 0.25) is 0 Å². The lowest BCUT2D eigenvalue weighted by Gasteiger charge is -2.29. The Hall–Kier alpha value is -3.48. The summed E-state index contributed by atoms with van der Waals surface area (Å²) in [6.45, 7) is 1.78. The molecule has 1 aliphatic rings. The zero-order valence-electron chi connectivity index (χ0n) is 15.9. The van der Waals surface area contributed by atoms with E-state index in [-0.39, 0.29) is 12.6 Å². The third-order valence-corrected chi connectivity index (χ3v) is 4.47. The maximum Gasteiger partial charge on any atom is 0.338 e. The van der Waals surface area contributed by atoms with Gasteiger partial charge in [-0.05, 0) is 30.7 Å². The molecule has 0 saturated carbocycles. The Morgan fingerprint density at radius 3 is 2.43 bits per heavy atom. The number of allylic oxidation sites excluding steroid dienone is 1. The van der Waals surface area contributed by atoms with Crippen LogP contribution < -0.4 is 20.1 Å². The SMILES string of the molecule is COc1ccc(COC(=O)C2=C(C)NC(=O)N[C@H]2c2ccccc2OC)cc1. The first kappa shape index (κ1) is 19.3. The largest absolute Gasteiger partial charge is 0.497 e. The number of esters is 1. The van der Waals surface area contributed by atoms with Gasteiger partial charge in [0.15, 0.2) is 0 Å². The van der Waals surface area contributed by atoms with Gasteiger partial charge in [-0.1, -0.05) is 30.3 Å². The number of methoxy groups -OCH3 is 2. The van der Waals surface area contributed by atoms with E-state index in [0.717, 1.165) is 11.3 Å². The highest BCUT2D eigenvalue weighted by atomic mass is 16.5. The number of hydrogen-bond donors (Lipinski definition) is 2. The van der Waals surface area contributed by atoms with Crippen LogP contribution in [-0.4, -0.2) is 26.2 Å². The smallest absolute Gasteiger partial charge is 0.338 e. The maximum absolute atomic E-state index is 12.9. The summed E-state index contributed by atoms with van der Waals surface area (Å²) in [6.07, 6.45) is 0. The molecule has 0 spiro atoms.